The molecule has 4 nitrogen and oxygen atoms in total. The molecule has 0 amide bonds. The van der Waals surface area contributed by atoms with E-state index in [0.29, 0.717) is 11.3 Å². The molecule has 0 N–H and O–H groups in total. The maximum atomic E-state index is 11.0. The highest BCUT2D eigenvalue weighted by Gasteiger charge is 2.13. The maximum absolute atomic E-state index is 11.0. The summed E-state index contributed by atoms with van der Waals surface area (Å²) in [6.07, 6.45) is 4.36. The molecule has 84 valence electrons. The lowest BCUT2D eigenvalue weighted by Crippen LogP contribution is -2.06. The SMILES string of the molecule is CC(C)Oc1ccnc2c1c(C=O)cn2C. The molecule has 16 heavy (non-hydrogen) atoms. The van der Waals surface area contributed by atoms with Gasteiger partial charge in [-0.15, -0.1) is 0 Å². The summed E-state index contributed by atoms with van der Waals surface area (Å²) in [7, 11) is 1.86. The fourth-order valence-electron chi connectivity index (χ4n) is 1.75. The van der Waals surface area contributed by atoms with Crippen LogP contribution in [0.5, 0.6) is 5.75 Å². The van der Waals surface area contributed by atoms with Gasteiger partial charge in [0.25, 0.3) is 0 Å². The van der Waals surface area contributed by atoms with Crippen LogP contribution in [-0.4, -0.2) is 21.9 Å². The fourth-order valence-corrected chi connectivity index (χ4v) is 1.75. The van der Waals surface area contributed by atoms with E-state index in [1.54, 1.807) is 18.5 Å². The van der Waals surface area contributed by atoms with Gasteiger partial charge < -0.3 is 9.30 Å². The van der Waals surface area contributed by atoms with Crippen LogP contribution in [0.2, 0.25) is 0 Å². The average molecular weight is 218 g/mol. The predicted octanol–water partition coefficient (Wildman–Crippen LogP) is 2.17. The first-order valence-corrected chi connectivity index (χ1v) is 5.19. The molecule has 0 aliphatic heterocycles. The Morgan fingerprint density at radius 2 is 2.25 bits per heavy atom. The summed E-state index contributed by atoms with van der Waals surface area (Å²) in [6.45, 7) is 3.91. The van der Waals surface area contributed by atoms with Gasteiger partial charge in [0, 0.05) is 25.0 Å². The largest absolute Gasteiger partial charge is 0.490 e. The second-order valence-corrected chi connectivity index (χ2v) is 3.99. The summed E-state index contributed by atoms with van der Waals surface area (Å²) in [5, 5.41) is 0.786. The molecule has 0 bridgehead atoms. The number of pyridine rings is 1. The van der Waals surface area contributed by atoms with E-state index in [1.165, 1.54) is 0 Å². The van der Waals surface area contributed by atoms with Crippen molar-refractivity contribution in [3.8, 4) is 5.75 Å². The summed E-state index contributed by atoms with van der Waals surface area (Å²) in [5.41, 5.74) is 1.38. The standard InChI is InChI=1S/C12H14N2O2/c1-8(2)16-10-4-5-13-12-11(10)9(7-15)6-14(12)3/h4-8H,1-3H3. The highest BCUT2D eigenvalue weighted by Crippen LogP contribution is 2.28. The van der Waals surface area contributed by atoms with Gasteiger partial charge >= 0.3 is 0 Å². The van der Waals surface area contributed by atoms with E-state index in [1.807, 2.05) is 25.5 Å². The number of aromatic nitrogens is 2. The van der Waals surface area contributed by atoms with Crippen LogP contribution in [0.1, 0.15) is 24.2 Å². The van der Waals surface area contributed by atoms with Gasteiger partial charge in [0.05, 0.1) is 11.5 Å². The molecular formula is C12H14N2O2. The lowest BCUT2D eigenvalue weighted by atomic mass is 10.2. The van der Waals surface area contributed by atoms with E-state index >= 15 is 0 Å². The second kappa shape index (κ2) is 3.96. The Hall–Kier alpha value is -1.84. The van der Waals surface area contributed by atoms with Gasteiger partial charge in [-0.1, -0.05) is 0 Å². The van der Waals surface area contributed by atoms with E-state index in [2.05, 4.69) is 4.98 Å². The molecule has 0 aliphatic rings. The normalized spacial score (nSPS) is 11.0. The summed E-state index contributed by atoms with van der Waals surface area (Å²) < 4.78 is 7.50. The van der Waals surface area contributed by atoms with Crippen molar-refractivity contribution >= 4 is 17.3 Å². The van der Waals surface area contributed by atoms with Gasteiger partial charge in [-0.25, -0.2) is 4.98 Å². The van der Waals surface area contributed by atoms with E-state index in [4.69, 9.17) is 4.74 Å². The number of aldehydes is 1. The van der Waals surface area contributed by atoms with Crippen molar-refractivity contribution in [3.05, 3.63) is 24.0 Å². The topological polar surface area (TPSA) is 44.1 Å². The molecule has 2 rings (SSSR count). The van der Waals surface area contributed by atoms with Crippen molar-refractivity contribution in [1.82, 2.24) is 9.55 Å². The van der Waals surface area contributed by atoms with E-state index in [9.17, 15) is 4.79 Å². The van der Waals surface area contributed by atoms with Crippen molar-refractivity contribution < 1.29 is 9.53 Å². The zero-order chi connectivity index (χ0) is 11.7. The fraction of sp³-hybridized carbons (Fsp3) is 0.333. The Morgan fingerprint density at radius 3 is 2.88 bits per heavy atom. The van der Waals surface area contributed by atoms with Crippen molar-refractivity contribution in [2.75, 3.05) is 0 Å². The van der Waals surface area contributed by atoms with Gasteiger partial charge in [-0.05, 0) is 19.9 Å². The summed E-state index contributed by atoms with van der Waals surface area (Å²) in [6, 6.07) is 1.79. The summed E-state index contributed by atoms with van der Waals surface area (Å²) in [5.74, 6) is 0.711. The third-order valence-electron chi connectivity index (χ3n) is 2.34. The predicted molar refractivity (Wildman–Crippen MR) is 61.9 cm³/mol. The summed E-state index contributed by atoms with van der Waals surface area (Å²) >= 11 is 0. The molecule has 2 heterocycles. The molecule has 0 fully saturated rings. The Morgan fingerprint density at radius 1 is 1.50 bits per heavy atom. The highest BCUT2D eigenvalue weighted by molar-refractivity contribution is 5.99. The van der Waals surface area contributed by atoms with Crippen LogP contribution < -0.4 is 4.74 Å². The van der Waals surface area contributed by atoms with Crippen LogP contribution in [0.15, 0.2) is 18.5 Å². The smallest absolute Gasteiger partial charge is 0.152 e. The molecule has 2 aromatic rings. The van der Waals surface area contributed by atoms with Crippen LogP contribution in [0.3, 0.4) is 0 Å². The van der Waals surface area contributed by atoms with Gasteiger partial charge in [-0.2, -0.15) is 0 Å². The summed E-state index contributed by atoms with van der Waals surface area (Å²) in [4.78, 5) is 15.2. The lowest BCUT2D eigenvalue weighted by Gasteiger charge is -2.10. The first kappa shape index (κ1) is 10.7. The minimum atomic E-state index is 0.0744. The quantitative estimate of drug-likeness (QED) is 0.741. The van der Waals surface area contributed by atoms with Crippen molar-refractivity contribution in [2.45, 2.75) is 20.0 Å². The third kappa shape index (κ3) is 1.66. The van der Waals surface area contributed by atoms with E-state index in [0.717, 1.165) is 17.3 Å². The number of nitrogens with zero attached hydrogens (tertiary/aromatic N) is 2. The number of ether oxygens (including phenoxy) is 1. The molecule has 0 unspecified atom stereocenters. The van der Waals surface area contributed by atoms with Crippen molar-refractivity contribution in [2.24, 2.45) is 7.05 Å². The average Bonchev–Trinajstić information content (AvgIpc) is 2.56. The Balaban J connectivity index is 2.69. The molecular weight excluding hydrogens is 204 g/mol. The first-order valence-electron chi connectivity index (χ1n) is 5.19. The van der Waals surface area contributed by atoms with Crippen LogP contribution in [0.4, 0.5) is 0 Å². The third-order valence-corrected chi connectivity index (χ3v) is 2.34. The Labute approximate surface area is 93.9 Å². The van der Waals surface area contributed by atoms with Crippen LogP contribution in [-0.2, 0) is 7.05 Å². The number of fused-ring (bicyclic) bond motifs is 1. The van der Waals surface area contributed by atoms with Crippen molar-refractivity contribution in [3.63, 3.8) is 0 Å². The molecule has 2 aromatic heterocycles. The van der Waals surface area contributed by atoms with Crippen LogP contribution in [0, 0.1) is 0 Å². The maximum Gasteiger partial charge on any atom is 0.152 e. The number of carbonyl (C=O) groups excluding carboxylic acids is 1. The lowest BCUT2D eigenvalue weighted by molar-refractivity contribution is 0.112. The van der Waals surface area contributed by atoms with E-state index in [-0.39, 0.29) is 6.10 Å². The number of hydrogen-bond donors (Lipinski definition) is 0. The molecule has 0 atom stereocenters. The zero-order valence-corrected chi connectivity index (χ0v) is 9.60. The minimum Gasteiger partial charge on any atom is -0.490 e. The minimum absolute atomic E-state index is 0.0744. The molecule has 0 aliphatic carbocycles. The molecule has 0 radical (unpaired) electrons. The Bertz CT molecular complexity index is 529. The highest BCUT2D eigenvalue weighted by atomic mass is 16.5. The van der Waals surface area contributed by atoms with Gasteiger partial charge in [-0.3, -0.25) is 4.79 Å². The molecule has 0 saturated heterocycles. The van der Waals surface area contributed by atoms with Crippen molar-refractivity contribution in [1.29, 1.82) is 0 Å². The van der Waals surface area contributed by atoms with Gasteiger partial charge in [0.2, 0.25) is 0 Å². The number of aryl methyl sites for hydroxylation is 1. The number of carbonyl (C=O) groups is 1. The zero-order valence-electron chi connectivity index (χ0n) is 9.60. The molecule has 0 aromatic carbocycles. The molecule has 0 saturated carbocycles. The van der Waals surface area contributed by atoms with Crippen LogP contribution in [0.25, 0.3) is 11.0 Å². The molecule has 4 heteroatoms. The van der Waals surface area contributed by atoms with Crippen LogP contribution >= 0.6 is 0 Å². The first-order chi connectivity index (χ1) is 7.63. The molecule has 0 spiro atoms. The van der Waals surface area contributed by atoms with Gasteiger partial charge in [0.1, 0.15) is 11.4 Å². The van der Waals surface area contributed by atoms with Gasteiger partial charge in [0.15, 0.2) is 6.29 Å². The second-order valence-electron chi connectivity index (χ2n) is 3.99. The monoisotopic (exact) mass is 218 g/mol. The van der Waals surface area contributed by atoms with E-state index < -0.39 is 0 Å². The number of hydrogen-bond acceptors (Lipinski definition) is 3. The Kier molecular flexibility index (Phi) is 2.64. The number of rotatable bonds is 3.